The zero-order valence-electron chi connectivity index (χ0n) is 11.5. The van der Waals surface area contributed by atoms with Gasteiger partial charge in [0.1, 0.15) is 17.1 Å². The lowest BCUT2D eigenvalue weighted by Gasteiger charge is -2.19. The molecule has 2 rings (SSSR count). The summed E-state index contributed by atoms with van der Waals surface area (Å²) in [6.07, 6.45) is 0.545. The van der Waals surface area contributed by atoms with Crippen LogP contribution in [0.3, 0.4) is 0 Å². The molecule has 1 saturated heterocycles. The summed E-state index contributed by atoms with van der Waals surface area (Å²) < 4.78 is 5.27. The number of carbonyl (C=O) groups is 2. The molecule has 0 radical (unpaired) electrons. The fourth-order valence-electron chi connectivity index (χ4n) is 2.24. The van der Waals surface area contributed by atoms with Crippen LogP contribution in [0.1, 0.15) is 35.2 Å². The monoisotopic (exact) mass is 282 g/mol. The van der Waals surface area contributed by atoms with Crippen LogP contribution in [0, 0.1) is 6.92 Å². The van der Waals surface area contributed by atoms with Crippen LogP contribution in [-0.4, -0.2) is 45.8 Å². The van der Waals surface area contributed by atoms with E-state index in [1.165, 1.54) is 11.0 Å². The van der Waals surface area contributed by atoms with E-state index in [1.807, 2.05) is 0 Å². The van der Waals surface area contributed by atoms with Crippen molar-refractivity contribution >= 4 is 12.0 Å². The Bertz CT molecular complexity index is 535. The minimum absolute atomic E-state index is 0.0957. The number of furan rings is 1. The summed E-state index contributed by atoms with van der Waals surface area (Å²) in [7, 11) is 0. The van der Waals surface area contributed by atoms with Gasteiger partial charge in [-0.1, -0.05) is 0 Å². The summed E-state index contributed by atoms with van der Waals surface area (Å²) in [6.45, 7) is 4.15. The maximum absolute atomic E-state index is 11.9. The van der Waals surface area contributed by atoms with Gasteiger partial charge in [0, 0.05) is 6.54 Å². The number of carboxylic acids is 1. The number of β-amino-alcohol motifs (C(OH)–C–C–N with tert-alkyl or cyclic N) is 1. The van der Waals surface area contributed by atoms with Crippen molar-refractivity contribution in [3.05, 3.63) is 23.2 Å². The highest BCUT2D eigenvalue weighted by molar-refractivity contribution is 5.88. The van der Waals surface area contributed by atoms with Crippen LogP contribution < -0.4 is 5.32 Å². The highest BCUT2D eigenvalue weighted by Crippen LogP contribution is 2.20. The molecular weight excluding hydrogens is 264 g/mol. The van der Waals surface area contributed by atoms with Gasteiger partial charge < -0.3 is 24.8 Å². The summed E-state index contributed by atoms with van der Waals surface area (Å²) >= 11 is 0. The lowest BCUT2D eigenvalue weighted by molar-refractivity contribution is 0.0693. The number of likely N-dealkylation sites (tertiary alicyclic amines) is 1. The first kappa shape index (κ1) is 14.4. The topological polar surface area (TPSA) is 103 Å². The van der Waals surface area contributed by atoms with Crippen LogP contribution in [0.2, 0.25) is 0 Å². The maximum atomic E-state index is 11.9. The Morgan fingerprint density at radius 3 is 2.75 bits per heavy atom. The average Bonchev–Trinajstić information content (AvgIpc) is 2.89. The van der Waals surface area contributed by atoms with E-state index < -0.39 is 11.6 Å². The van der Waals surface area contributed by atoms with Crippen LogP contribution in [0.4, 0.5) is 4.79 Å². The molecule has 1 aromatic rings. The average molecular weight is 282 g/mol. The highest BCUT2D eigenvalue weighted by Gasteiger charge is 2.33. The Hall–Kier alpha value is -2.02. The van der Waals surface area contributed by atoms with E-state index in [0.717, 1.165) is 0 Å². The number of aryl methyl sites for hydroxylation is 1. The first-order valence-corrected chi connectivity index (χ1v) is 6.36. The predicted octanol–water partition coefficient (Wildman–Crippen LogP) is 0.953. The molecule has 0 spiro atoms. The molecule has 1 aliphatic rings. The van der Waals surface area contributed by atoms with E-state index in [1.54, 1.807) is 13.8 Å². The second kappa shape index (κ2) is 5.16. The molecule has 7 nitrogen and oxygen atoms in total. The van der Waals surface area contributed by atoms with Crippen molar-refractivity contribution in [1.29, 1.82) is 0 Å². The van der Waals surface area contributed by atoms with Crippen molar-refractivity contribution in [2.24, 2.45) is 0 Å². The molecular formula is C13H18N2O5. The number of carboxylic acid groups (broad SMARTS) is 1. The molecule has 1 aromatic heterocycles. The summed E-state index contributed by atoms with van der Waals surface area (Å²) in [5.41, 5.74) is -0.743. The van der Waals surface area contributed by atoms with E-state index >= 15 is 0 Å². The number of amides is 2. The largest absolute Gasteiger partial charge is 0.478 e. The third kappa shape index (κ3) is 3.11. The van der Waals surface area contributed by atoms with Crippen LogP contribution in [0.25, 0.3) is 0 Å². The SMILES string of the molecule is Cc1oc(CNC(=O)N2CCC(C)(O)C2)cc1C(=O)O. The molecule has 20 heavy (non-hydrogen) atoms. The Morgan fingerprint density at radius 1 is 1.55 bits per heavy atom. The molecule has 2 amide bonds. The number of aromatic carboxylic acids is 1. The zero-order valence-corrected chi connectivity index (χ0v) is 11.5. The second-order valence-corrected chi connectivity index (χ2v) is 5.31. The van der Waals surface area contributed by atoms with E-state index in [2.05, 4.69) is 5.32 Å². The first-order valence-electron chi connectivity index (χ1n) is 6.36. The number of aliphatic hydroxyl groups is 1. The van der Waals surface area contributed by atoms with Gasteiger partial charge in [-0.05, 0) is 26.3 Å². The van der Waals surface area contributed by atoms with Gasteiger partial charge in [-0.25, -0.2) is 9.59 Å². The molecule has 1 unspecified atom stereocenters. The third-order valence-electron chi connectivity index (χ3n) is 3.35. The number of nitrogens with zero attached hydrogens (tertiary/aromatic N) is 1. The zero-order chi connectivity index (χ0) is 14.9. The van der Waals surface area contributed by atoms with Crippen molar-refractivity contribution < 1.29 is 24.2 Å². The Morgan fingerprint density at radius 2 is 2.25 bits per heavy atom. The van der Waals surface area contributed by atoms with Gasteiger partial charge in [-0.2, -0.15) is 0 Å². The second-order valence-electron chi connectivity index (χ2n) is 5.31. The summed E-state index contributed by atoms with van der Waals surface area (Å²) in [6, 6.07) is 1.10. The number of carbonyl (C=O) groups excluding carboxylic acids is 1. The number of hydrogen-bond acceptors (Lipinski definition) is 4. The smallest absolute Gasteiger partial charge is 0.339 e. The molecule has 0 aromatic carbocycles. The first-order chi connectivity index (χ1) is 9.28. The molecule has 3 N–H and O–H groups in total. The standard InChI is InChI=1S/C13H18N2O5/c1-8-10(11(16)17)5-9(20-8)6-14-12(18)15-4-3-13(2,19)7-15/h5,19H,3-4,6-7H2,1-2H3,(H,14,18)(H,16,17). The van der Waals surface area contributed by atoms with Gasteiger partial charge >= 0.3 is 12.0 Å². The van der Waals surface area contributed by atoms with E-state index in [9.17, 15) is 14.7 Å². The lowest BCUT2D eigenvalue weighted by Crippen LogP contribution is -2.40. The van der Waals surface area contributed by atoms with Gasteiger partial charge in [0.05, 0.1) is 18.7 Å². The number of nitrogens with one attached hydrogen (secondary N) is 1. The van der Waals surface area contributed by atoms with E-state index in [4.69, 9.17) is 9.52 Å². The summed E-state index contributed by atoms with van der Waals surface area (Å²) in [5, 5.41) is 21.3. The summed E-state index contributed by atoms with van der Waals surface area (Å²) in [4.78, 5) is 24.3. The minimum atomic E-state index is -1.06. The molecule has 0 saturated carbocycles. The van der Waals surface area contributed by atoms with Gasteiger partial charge in [-0.15, -0.1) is 0 Å². The minimum Gasteiger partial charge on any atom is -0.478 e. The molecule has 1 atom stereocenters. The predicted molar refractivity (Wildman–Crippen MR) is 69.5 cm³/mol. The fourth-order valence-corrected chi connectivity index (χ4v) is 2.24. The molecule has 110 valence electrons. The Labute approximate surface area is 116 Å². The van der Waals surface area contributed by atoms with Crippen LogP contribution in [0.15, 0.2) is 10.5 Å². The quantitative estimate of drug-likeness (QED) is 0.766. The van der Waals surface area contributed by atoms with Crippen molar-refractivity contribution in [3.63, 3.8) is 0 Å². The lowest BCUT2D eigenvalue weighted by atomic mass is 10.1. The number of rotatable bonds is 3. The third-order valence-corrected chi connectivity index (χ3v) is 3.35. The Kier molecular flexibility index (Phi) is 3.71. The maximum Gasteiger partial charge on any atom is 0.339 e. The molecule has 0 aliphatic carbocycles. The van der Waals surface area contributed by atoms with E-state index in [-0.39, 0.29) is 24.7 Å². The van der Waals surface area contributed by atoms with Crippen molar-refractivity contribution in [2.45, 2.75) is 32.4 Å². The van der Waals surface area contributed by atoms with Gasteiger partial charge in [0.25, 0.3) is 0 Å². The number of urea groups is 1. The van der Waals surface area contributed by atoms with Crippen molar-refractivity contribution in [3.8, 4) is 0 Å². The van der Waals surface area contributed by atoms with Crippen molar-refractivity contribution in [2.75, 3.05) is 13.1 Å². The highest BCUT2D eigenvalue weighted by atomic mass is 16.4. The van der Waals surface area contributed by atoms with Crippen LogP contribution in [-0.2, 0) is 6.54 Å². The molecule has 0 bridgehead atoms. The normalized spacial score (nSPS) is 22.1. The summed E-state index contributed by atoms with van der Waals surface area (Å²) in [5.74, 6) is -0.357. The molecule has 1 aliphatic heterocycles. The fraction of sp³-hybridized carbons (Fsp3) is 0.538. The van der Waals surface area contributed by atoms with Crippen molar-refractivity contribution in [1.82, 2.24) is 10.2 Å². The molecule has 7 heteroatoms. The number of hydrogen-bond donors (Lipinski definition) is 3. The Balaban J connectivity index is 1.91. The molecule has 1 fully saturated rings. The van der Waals surface area contributed by atoms with Gasteiger partial charge in [0.2, 0.25) is 0 Å². The van der Waals surface area contributed by atoms with Crippen LogP contribution >= 0.6 is 0 Å². The van der Waals surface area contributed by atoms with Gasteiger partial charge in [-0.3, -0.25) is 0 Å². The molecule has 2 heterocycles. The van der Waals surface area contributed by atoms with Crippen LogP contribution in [0.5, 0.6) is 0 Å². The van der Waals surface area contributed by atoms with E-state index in [0.29, 0.717) is 24.5 Å². The van der Waals surface area contributed by atoms with Gasteiger partial charge in [0.15, 0.2) is 0 Å².